The Hall–Kier alpha value is -2.50. The van der Waals surface area contributed by atoms with Crippen LogP contribution in [-0.2, 0) is 11.3 Å². The van der Waals surface area contributed by atoms with Crippen LogP contribution in [0.2, 0.25) is 5.02 Å². The van der Waals surface area contributed by atoms with Crippen LogP contribution in [0.25, 0.3) is 0 Å². The predicted octanol–water partition coefficient (Wildman–Crippen LogP) is 3.83. The lowest BCUT2D eigenvalue weighted by Crippen LogP contribution is -2.49. The normalized spacial score (nSPS) is 17.6. The lowest BCUT2D eigenvalue weighted by Gasteiger charge is -2.37. The van der Waals surface area contributed by atoms with E-state index >= 15 is 0 Å². The van der Waals surface area contributed by atoms with E-state index in [-0.39, 0.29) is 5.91 Å². The molecule has 1 saturated heterocycles. The smallest absolute Gasteiger partial charge is 0.249 e. The van der Waals surface area contributed by atoms with Crippen LogP contribution >= 0.6 is 11.6 Å². The average molecular weight is 426 g/mol. The molecular weight excluding hydrogens is 398 g/mol. The summed E-state index contributed by atoms with van der Waals surface area (Å²) in [6.07, 6.45) is 2.91. The van der Waals surface area contributed by atoms with Crippen LogP contribution in [0.15, 0.2) is 60.2 Å². The number of piperazine rings is 1. The Morgan fingerprint density at radius 3 is 2.53 bits per heavy atom. The van der Waals surface area contributed by atoms with Gasteiger partial charge in [-0.05, 0) is 42.3 Å². The standard InChI is InChI=1S/C24H28ClN3O2/c1-30-23-7-2-4-19(16-23)18-26-10-8-20(9-11-26)24(29)28-14-12-27(13-15-28)22-6-3-5-21(25)17-22/h2-8,16-17H,9-15,18H2,1H3. The number of hydrogen-bond donors (Lipinski definition) is 0. The number of carbonyl (C=O) groups excluding carboxylic acids is 1. The van der Waals surface area contributed by atoms with Crippen molar-refractivity contribution in [3.8, 4) is 5.75 Å². The van der Waals surface area contributed by atoms with Crippen molar-refractivity contribution in [2.24, 2.45) is 0 Å². The highest BCUT2D eigenvalue weighted by molar-refractivity contribution is 6.30. The van der Waals surface area contributed by atoms with E-state index in [2.05, 4.69) is 34.1 Å². The summed E-state index contributed by atoms with van der Waals surface area (Å²) in [5, 5.41) is 0.747. The van der Waals surface area contributed by atoms with Gasteiger partial charge < -0.3 is 14.5 Å². The summed E-state index contributed by atoms with van der Waals surface area (Å²) in [6, 6.07) is 16.1. The Bertz CT molecular complexity index is 922. The van der Waals surface area contributed by atoms with Crippen LogP contribution in [0.1, 0.15) is 12.0 Å². The number of benzene rings is 2. The highest BCUT2D eigenvalue weighted by Gasteiger charge is 2.25. The molecule has 0 aromatic heterocycles. The van der Waals surface area contributed by atoms with Crippen molar-refractivity contribution in [3.05, 3.63) is 70.8 Å². The number of amides is 1. The second-order valence-corrected chi connectivity index (χ2v) is 8.26. The van der Waals surface area contributed by atoms with Crippen LogP contribution in [0, 0.1) is 0 Å². The van der Waals surface area contributed by atoms with Gasteiger partial charge in [0.1, 0.15) is 5.75 Å². The molecule has 2 aliphatic heterocycles. The highest BCUT2D eigenvalue weighted by atomic mass is 35.5. The summed E-state index contributed by atoms with van der Waals surface area (Å²) in [6.45, 7) is 5.74. The van der Waals surface area contributed by atoms with E-state index in [1.807, 2.05) is 35.2 Å². The summed E-state index contributed by atoms with van der Waals surface area (Å²) in [4.78, 5) is 19.6. The summed E-state index contributed by atoms with van der Waals surface area (Å²) in [7, 11) is 1.69. The van der Waals surface area contributed by atoms with Gasteiger partial charge in [0.2, 0.25) is 5.91 Å². The van der Waals surface area contributed by atoms with Crippen molar-refractivity contribution in [1.82, 2.24) is 9.80 Å². The van der Waals surface area contributed by atoms with E-state index in [1.165, 1.54) is 5.56 Å². The Labute approximate surface area is 183 Å². The molecule has 2 aromatic carbocycles. The molecule has 2 heterocycles. The molecular formula is C24H28ClN3O2. The molecule has 0 saturated carbocycles. The van der Waals surface area contributed by atoms with E-state index in [4.69, 9.17) is 16.3 Å². The van der Waals surface area contributed by atoms with Crippen molar-refractivity contribution in [3.63, 3.8) is 0 Å². The predicted molar refractivity (Wildman–Crippen MR) is 121 cm³/mol. The largest absolute Gasteiger partial charge is 0.497 e. The van der Waals surface area contributed by atoms with E-state index in [9.17, 15) is 4.79 Å². The maximum Gasteiger partial charge on any atom is 0.249 e. The number of anilines is 1. The van der Waals surface area contributed by atoms with Crippen LogP contribution < -0.4 is 9.64 Å². The van der Waals surface area contributed by atoms with Crippen LogP contribution in [0.3, 0.4) is 0 Å². The topological polar surface area (TPSA) is 36.0 Å². The lowest BCUT2D eigenvalue weighted by atomic mass is 10.1. The van der Waals surface area contributed by atoms with Gasteiger partial charge in [-0.3, -0.25) is 9.69 Å². The fourth-order valence-corrected chi connectivity index (χ4v) is 4.31. The molecule has 4 rings (SSSR count). The van der Waals surface area contributed by atoms with Gasteiger partial charge in [-0.15, -0.1) is 0 Å². The molecule has 0 atom stereocenters. The molecule has 6 heteroatoms. The van der Waals surface area contributed by atoms with E-state index in [0.29, 0.717) is 0 Å². The molecule has 0 aliphatic carbocycles. The third-order valence-corrected chi connectivity index (χ3v) is 6.08. The van der Waals surface area contributed by atoms with E-state index < -0.39 is 0 Å². The molecule has 0 spiro atoms. The van der Waals surface area contributed by atoms with Crippen LogP contribution in [-0.4, -0.2) is 62.1 Å². The number of nitrogens with zero attached hydrogens (tertiary/aromatic N) is 3. The summed E-state index contributed by atoms with van der Waals surface area (Å²) in [5.74, 6) is 1.08. The maximum absolute atomic E-state index is 13.0. The summed E-state index contributed by atoms with van der Waals surface area (Å²) >= 11 is 6.11. The molecule has 5 nitrogen and oxygen atoms in total. The van der Waals surface area contributed by atoms with Crippen molar-refractivity contribution >= 4 is 23.2 Å². The molecule has 0 radical (unpaired) electrons. The number of carbonyl (C=O) groups is 1. The number of rotatable bonds is 5. The minimum Gasteiger partial charge on any atom is -0.497 e. The Morgan fingerprint density at radius 2 is 1.83 bits per heavy atom. The number of ether oxygens (including phenoxy) is 1. The van der Waals surface area contributed by atoms with Crippen molar-refractivity contribution < 1.29 is 9.53 Å². The first-order valence-corrected chi connectivity index (χ1v) is 10.8. The zero-order valence-electron chi connectivity index (χ0n) is 17.4. The first-order chi connectivity index (χ1) is 14.6. The van der Waals surface area contributed by atoms with Gasteiger partial charge in [-0.1, -0.05) is 35.9 Å². The average Bonchev–Trinajstić information content (AvgIpc) is 2.79. The third-order valence-electron chi connectivity index (χ3n) is 5.85. The fraction of sp³-hybridized carbons (Fsp3) is 0.375. The van der Waals surface area contributed by atoms with Gasteiger partial charge in [0.05, 0.1) is 7.11 Å². The Kier molecular flexibility index (Phi) is 6.60. The van der Waals surface area contributed by atoms with Gasteiger partial charge in [0.15, 0.2) is 0 Å². The van der Waals surface area contributed by atoms with Crippen molar-refractivity contribution in [2.75, 3.05) is 51.3 Å². The van der Waals surface area contributed by atoms with E-state index in [0.717, 1.165) is 74.3 Å². The van der Waals surface area contributed by atoms with Crippen molar-refractivity contribution in [2.45, 2.75) is 13.0 Å². The molecule has 1 fully saturated rings. The monoisotopic (exact) mass is 425 g/mol. The summed E-state index contributed by atoms with van der Waals surface area (Å²) < 4.78 is 5.31. The lowest BCUT2D eigenvalue weighted by molar-refractivity contribution is -0.127. The van der Waals surface area contributed by atoms with Crippen LogP contribution in [0.5, 0.6) is 5.75 Å². The zero-order chi connectivity index (χ0) is 20.9. The molecule has 0 bridgehead atoms. The molecule has 0 unspecified atom stereocenters. The van der Waals surface area contributed by atoms with E-state index in [1.54, 1.807) is 7.11 Å². The first-order valence-electron chi connectivity index (χ1n) is 10.5. The van der Waals surface area contributed by atoms with Gasteiger partial charge in [0, 0.05) is 62.1 Å². The van der Waals surface area contributed by atoms with Crippen LogP contribution in [0.4, 0.5) is 5.69 Å². The molecule has 2 aromatic rings. The Balaban J connectivity index is 1.29. The third kappa shape index (κ3) is 4.97. The SMILES string of the molecule is COc1cccc(CN2CC=C(C(=O)N3CCN(c4cccc(Cl)c4)CC3)CC2)c1. The number of hydrogen-bond acceptors (Lipinski definition) is 4. The first kappa shape index (κ1) is 20.8. The molecule has 1 amide bonds. The quantitative estimate of drug-likeness (QED) is 0.729. The fourth-order valence-electron chi connectivity index (χ4n) is 4.12. The van der Waals surface area contributed by atoms with Gasteiger partial charge in [0.25, 0.3) is 0 Å². The molecule has 0 N–H and O–H groups in total. The maximum atomic E-state index is 13.0. The number of methoxy groups -OCH3 is 1. The molecule has 158 valence electrons. The second-order valence-electron chi connectivity index (χ2n) is 7.83. The number of halogens is 1. The Morgan fingerprint density at radius 1 is 1.03 bits per heavy atom. The minimum atomic E-state index is 0.196. The minimum absolute atomic E-state index is 0.196. The summed E-state index contributed by atoms with van der Waals surface area (Å²) in [5.41, 5.74) is 3.31. The molecule has 30 heavy (non-hydrogen) atoms. The zero-order valence-corrected chi connectivity index (χ0v) is 18.1. The van der Waals surface area contributed by atoms with Gasteiger partial charge >= 0.3 is 0 Å². The van der Waals surface area contributed by atoms with Gasteiger partial charge in [-0.25, -0.2) is 0 Å². The highest BCUT2D eigenvalue weighted by Crippen LogP contribution is 2.23. The van der Waals surface area contributed by atoms with Crippen molar-refractivity contribution in [1.29, 1.82) is 0 Å². The van der Waals surface area contributed by atoms with Gasteiger partial charge in [-0.2, -0.15) is 0 Å². The molecule has 2 aliphatic rings. The second kappa shape index (κ2) is 9.54.